The summed E-state index contributed by atoms with van der Waals surface area (Å²) in [5.41, 5.74) is -0.638. The molecule has 0 amide bonds. The molecule has 0 radical (unpaired) electrons. The van der Waals surface area contributed by atoms with Crippen LogP contribution in [-0.4, -0.2) is 23.6 Å². The molecule has 110 valence electrons. The summed E-state index contributed by atoms with van der Waals surface area (Å²) in [5, 5.41) is 10.5. The number of rotatable bonds is 7. The van der Waals surface area contributed by atoms with Crippen molar-refractivity contribution in [3.63, 3.8) is 0 Å². The molecule has 1 unspecified atom stereocenters. The fourth-order valence-corrected chi connectivity index (χ4v) is 1.60. The number of benzene rings is 1. The van der Waals surface area contributed by atoms with Crippen molar-refractivity contribution in [2.45, 2.75) is 32.8 Å². The number of carbonyl (C=O) groups is 1. The number of nitrogens with zero attached hydrogens (tertiary/aromatic N) is 1. The topological polar surface area (TPSA) is 78.7 Å². The molecule has 7 heteroatoms. The average molecular weight is 285 g/mol. The van der Waals surface area contributed by atoms with Gasteiger partial charge in [0, 0.05) is 12.1 Å². The lowest BCUT2D eigenvalue weighted by molar-refractivity contribution is -0.387. The number of ether oxygens (including phenoxy) is 2. The Kier molecular flexibility index (Phi) is 5.89. The summed E-state index contributed by atoms with van der Waals surface area (Å²) in [4.78, 5) is 21.3. The third-order valence-electron chi connectivity index (χ3n) is 2.49. The van der Waals surface area contributed by atoms with Gasteiger partial charge in [-0.3, -0.25) is 10.1 Å². The van der Waals surface area contributed by atoms with Gasteiger partial charge in [-0.05, 0) is 19.4 Å². The predicted molar refractivity (Wildman–Crippen MR) is 69.0 cm³/mol. The van der Waals surface area contributed by atoms with Crippen LogP contribution in [0.15, 0.2) is 18.2 Å². The smallest absolute Gasteiger partial charge is 0.347 e. The first-order chi connectivity index (χ1) is 9.49. The molecule has 1 rings (SSSR count). The van der Waals surface area contributed by atoms with Gasteiger partial charge in [-0.15, -0.1) is 0 Å². The van der Waals surface area contributed by atoms with Crippen LogP contribution in [0.5, 0.6) is 5.75 Å². The van der Waals surface area contributed by atoms with Crippen molar-refractivity contribution in [1.29, 1.82) is 0 Å². The molecule has 0 aliphatic carbocycles. The molecule has 1 aromatic rings. The van der Waals surface area contributed by atoms with Crippen molar-refractivity contribution in [2.75, 3.05) is 6.61 Å². The van der Waals surface area contributed by atoms with Crippen molar-refractivity contribution in [3.05, 3.63) is 34.1 Å². The molecule has 0 aliphatic rings. The number of carbonyl (C=O) groups excluding carboxylic acids is 1. The normalized spacial score (nSPS) is 11.8. The van der Waals surface area contributed by atoms with Gasteiger partial charge in [0.1, 0.15) is 5.75 Å². The first-order valence-corrected chi connectivity index (χ1v) is 6.26. The van der Waals surface area contributed by atoms with E-state index in [4.69, 9.17) is 9.47 Å². The third-order valence-corrected chi connectivity index (χ3v) is 2.49. The quantitative estimate of drug-likeness (QED) is 0.437. The van der Waals surface area contributed by atoms with E-state index in [-0.39, 0.29) is 12.4 Å². The van der Waals surface area contributed by atoms with Crippen LogP contribution in [0.25, 0.3) is 0 Å². The monoisotopic (exact) mass is 285 g/mol. The molecule has 0 saturated heterocycles. The Bertz CT molecular complexity index is 492. The van der Waals surface area contributed by atoms with Gasteiger partial charge in [-0.2, -0.15) is 4.39 Å². The highest BCUT2D eigenvalue weighted by molar-refractivity contribution is 5.75. The Balaban J connectivity index is 2.86. The maximum absolute atomic E-state index is 13.4. The van der Waals surface area contributed by atoms with E-state index in [2.05, 4.69) is 0 Å². The lowest BCUT2D eigenvalue weighted by Gasteiger charge is -2.16. The number of nitro benzene ring substituents is 1. The third kappa shape index (κ3) is 4.18. The second-order valence-electron chi connectivity index (χ2n) is 4.02. The zero-order valence-electron chi connectivity index (χ0n) is 11.3. The molecule has 0 spiro atoms. The van der Waals surface area contributed by atoms with Gasteiger partial charge in [0.25, 0.3) is 0 Å². The van der Waals surface area contributed by atoms with Crippen molar-refractivity contribution in [1.82, 2.24) is 0 Å². The Morgan fingerprint density at radius 2 is 2.15 bits per heavy atom. The van der Waals surface area contributed by atoms with E-state index in [9.17, 15) is 19.3 Å². The summed E-state index contributed by atoms with van der Waals surface area (Å²) in [6.45, 7) is 3.76. The second-order valence-corrected chi connectivity index (χ2v) is 4.02. The van der Waals surface area contributed by atoms with Gasteiger partial charge >= 0.3 is 11.7 Å². The highest BCUT2D eigenvalue weighted by Gasteiger charge is 2.22. The van der Waals surface area contributed by atoms with Gasteiger partial charge in [0.15, 0.2) is 6.10 Å². The number of esters is 1. The number of hydrogen-bond donors (Lipinski definition) is 0. The van der Waals surface area contributed by atoms with Gasteiger partial charge < -0.3 is 9.47 Å². The summed E-state index contributed by atoms with van der Waals surface area (Å²) in [6.07, 6.45) is 0.247. The van der Waals surface area contributed by atoms with Crippen molar-refractivity contribution < 1.29 is 23.6 Å². The molecule has 0 aromatic heterocycles. The molecule has 1 atom stereocenters. The second kappa shape index (κ2) is 7.42. The first kappa shape index (κ1) is 15.9. The van der Waals surface area contributed by atoms with Crippen LogP contribution in [0.1, 0.15) is 26.7 Å². The van der Waals surface area contributed by atoms with E-state index >= 15 is 0 Å². The Morgan fingerprint density at radius 1 is 1.45 bits per heavy atom. The van der Waals surface area contributed by atoms with Crippen LogP contribution >= 0.6 is 0 Å². The van der Waals surface area contributed by atoms with Gasteiger partial charge in [-0.1, -0.05) is 13.3 Å². The van der Waals surface area contributed by atoms with Crippen LogP contribution < -0.4 is 4.74 Å². The van der Waals surface area contributed by atoms with E-state index < -0.39 is 28.5 Å². The molecule has 0 saturated carbocycles. The van der Waals surface area contributed by atoms with Crippen LogP contribution in [-0.2, 0) is 9.53 Å². The minimum atomic E-state index is -1.01. The molecule has 0 N–H and O–H groups in total. The lowest BCUT2D eigenvalue weighted by atomic mass is 10.2. The molecule has 1 aromatic carbocycles. The summed E-state index contributed by atoms with van der Waals surface area (Å²) in [6, 6.07) is 3.14. The number of nitro groups is 1. The highest BCUT2D eigenvalue weighted by Crippen LogP contribution is 2.24. The Morgan fingerprint density at radius 3 is 2.65 bits per heavy atom. The minimum absolute atomic E-state index is 0.0552. The van der Waals surface area contributed by atoms with E-state index in [0.717, 1.165) is 12.1 Å². The van der Waals surface area contributed by atoms with Gasteiger partial charge in [-0.25, -0.2) is 4.79 Å². The zero-order valence-corrected chi connectivity index (χ0v) is 11.3. The summed E-state index contributed by atoms with van der Waals surface area (Å²) < 4.78 is 23.7. The molecule has 20 heavy (non-hydrogen) atoms. The van der Waals surface area contributed by atoms with Crippen LogP contribution in [0.2, 0.25) is 0 Å². The number of halogens is 1. The van der Waals surface area contributed by atoms with Gasteiger partial charge in [0.2, 0.25) is 5.82 Å². The first-order valence-electron chi connectivity index (χ1n) is 6.26. The minimum Gasteiger partial charge on any atom is -0.479 e. The molecule has 0 heterocycles. The zero-order chi connectivity index (χ0) is 15.1. The maximum atomic E-state index is 13.4. The molecule has 0 bridgehead atoms. The van der Waals surface area contributed by atoms with Crippen molar-refractivity contribution >= 4 is 11.7 Å². The fraction of sp³-hybridized carbons (Fsp3) is 0.462. The highest BCUT2D eigenvalue weighted by atomic mass is 19.1. The largest absolute Gasteiger partial charge is 0.479 e. The molecule has 6 nitrogen and oxygen atoms in total. The van der Waals surface area contributed by atoms with Crippen molar-refractivity contribution in [2.24, 2.45) is 0 Å². The van der Waals surface area contributed by atoms with Gasteiger partial charge in [0.05, 0.1) is 11.5 Å². The average Bonchev–Trinajstić information content (AvgIpc) is 2.38. The SMILES string of the molecule is CCCC(Oc1ccc([N+](=O)[O-])c(F)c1)C(=O)OCC. The van der Waals surface area contributed by atoms with Crippen LogP contribution in [0, 0.1) is 15.9 Å². The molecular weight excluding hydrogens is 269 g/mol. The van der Waals surface area contributed by atoms with E-state index in [0.29, 0.717) is 12.8 Å². The summed E-state index contributed by atoms with van der Waals surface area (Å²) >= 11 is 0. The predicted octanol–water partition coefficient (Wildman–Crippen LogP) is 2.84. The Labute approximate surface area is 115 Å². The fourth-order valence-electron chi connectivity index (χ4n) is 1.60. The lowest BCUT2D eigenvalue weighted by Crippen LogP contribution is -2.29. The molecule has 0 fully saturated rings. The standard InChI is InChI=1S/C13H16FNO5/c1-3-5-12(13(16)19-4-2)20-9-6-7-11(15(17)18)10(14)8-9/h6-8,12H,3-5H2,1-2H3. The van der Waals surface area contributed by atoms with E-state index in [1.807, 2.05) is 6.92 Å². The summed E-state index contributed by atoms with van der Waals surface area (Å²) in [7, 11) is 0. The van der Waals surface area contributed by atoms with Crippen LogP contribution in [0.3, 0.4) is 0 Å². The molecular formula is C13H16FNO5. The van der Waals surface area contributed by atoms with E-state index in [1.165, 1.54) is 6.07 Å². The Hall–Kier alpha value is -2.18. The van der Waals surface area contributed by atoms with E-state index in [1.54, 1.807) is 6.92 Å². The van der Waals surface area contributed by atoms with Crippen LogP contribution in [0.4, 0.5) is 10.1 Å². The van der Waals surface area contributed by atoms with Crippen molar-refractivity contribution in [3.8, 4) is 5.75 Å². The summed E-state index contributed by atoms with van der Waals surface area (Å²) in [5.74, 6) is -1.49. The molecule has 0 aliphatic heterocycles. The number of hydrogen-bond acceptors (Lipinski definition) is 5. The maximum Gasteiger partial charge on any atom is 0.347 e.